The van der Waals surface area contributed by atoms with Gasteiger partial charge >= 0.3 is 0 Å². The summed E-state index contributed by atoms with van der Waals surface area (Å²) in [4.78, 5) is 7.17. The first-order valence-corrected chi connectivity index (χ1v) is 9.94. The lowest BCUT2D eigenvalue weighted by molar-refractivity contribution is 0.257. The van der Waals surface area contributed by atoms with Gasteiger partial charge in [0.2, 0.25) is 5.89 Å². The Morgan fingerprint density at radius 2 is 1.93 bits per heavy atom. The molecule has 5 nitrogen and oxygen atoms in total. The van der Waals surface area contributed by atoms with Gasteiger partial charge in [-0.2, -0.15) is 5.10 Å². The first kappa shape index (κ1) is 17.2. The van der Waals surface area contributed by atoms with Crippen LogP contribution < -0.4 is 0 Å². The van der Waals surface area contributed by atoms with Crippen molar-refractivity contribution in [2.45, 2.75) is 38.9 Å². The minimum atomic E-state index is 0.637. The zero-order valence-electron chi connectivity index (χ0n) is 16.1. The van der Waals surface area contributed by atoms with Gasteiger partial charge in [0.15, 0.2) is 0 Å². The summed E-state index contributed by atoms with van der Waals surface area (Å²) in [6, 6.07) is 17.3. The van der Waals surface area contributed by atoms with Crippen LogP contribution in [-0.4, -0.2) is 32.3 Å². The zero-order chi connectivity index (χ0) is 18.9. The van der Waals surface area contributed by atoms with E-state index in [-0.39, 0.29) is 0 Å². The predicted molar refractivity (Wildman–Crippen MR) is 110 cm³/mol. The number of nitrogens with zero attached hydrogens (tertiary/aromatic N) is 4. The van der Waals surface area contributed by atoms with Gasteiger partial charge in [0.1, 0.15) is 6.26 Å². The second-order valence-electron chi connectivity index (χ2n) is 7.66. The van der Waals surface area contributed by atoms with Crippen molar-refractivity contribution < 1.29 is 4.42 Å². The van der Waals surface area contributed by atoms with Crippen LogP contribution in [0.15, 0.2) is 65.4 Å². The molecular weight excluding hydrogens is 348 g/mol. The quantitative estimate of drug-likeness (QED) is 0.508. The highest BCUT2D eigenvalue weighted by atomic mass is 16.3. The molecule has 1 fully saturated rings. The van der Waals surface area contributed by atoms with Gasteiger partial charge < -0.3 is 4.42 Å². The molecule has 5 heteroatoms. The molecule has 0 bridgehead atoms. The lowest BCUT2D eigenvalue weighted by Gasteiger charge is -2.18. The molecule has 5 rings (SSSR count). The van der Waals surface area contributed by atoms with E-state index < -0.39 is 0 Å². The van der Waals surface area contributed by atoms with Crippen LogP contribution >= 0.6 is 0 Å². The molecule has 2 aromatic carbocycles. The summed E-state index contributed by atoms with van der Waals surface area (Å²) >= 11 is 0. The van der Waals surface area contributed by atoms with Crippen molar-refractivity contribution in [1.29, 1.82) is 0 Å². The SMILES string of the molecule is C[C@@H]1CCCN1Cc1coc(-c2ccc(Cn3ncc4ccccc43)cc2)n1. The van der Waals surface area contributed by atoms with Crippen molar-refractivity contribution in [2.75, 3.05) is 6.54 Å². The summed E-state index contributed by atoms with van der Waals surface area (Å²) in [5, 5.41) is 5.68. The Hall–Kier alpha value is -2.92. The van der Waals surface area contributed by atoms with E-state index in [2.05, 4.69) is 53.3 Å². The highest BCUT2D eigenvalue weighted by Gasteiger charge is 2.21. The second kappa shape index (κ2) is 7.24. The van der Waals surface area contributed by atoms with Gasteiger partial charge in [0.25, 0.3) is 0 Å². The number of para-hydroxylation sites is 1. The molecule has 1 aliphatic heterocycles. The summed E-state index contributed by atoms with van der Waals surface area (Å²) in [5.41, 5.74) is 4.38. The summed E-state index contributed by atoms with van der Waals surface area (Å²) in [6.45, 7) is 5.06. The molecule has 1 aliphatic rings. The van der Waals surface area contributed by atoms with Crippen molar-refractivity contribution in [3.63, 3.8) is 0 Å². The van der Waals surface area contributed by atoms with Crippen LogP contribution in [0.1, 0.15) is 31.0 Å². The van der Waals surface area contributed by atoms with E-state index in [1.54, 1.807) is 6.26 Å². The maximum atomic E-state index is 5.74. The minimum absolute atomic E-state index is 0.637. The fourth-order valence-corrected chi connectivity index (χ4v) is 4.03. The summed E-state index contributed by atoms with van der Waals surface area (Å²) < 4.78 is 7.78. The number of likely N-dealkylation sites (tertiary alicyclic amines) is 1. The van der Waals surface area contributed by atoms with E-state index in [0.29, 0.717) is 11.9 Å². The van der Waals surface area contributed by atoms with Crippen molar-refractivity contribution in [3.8, 4) is 11.5 Å². The normalized spacial score (nSPS) is 17.5. The molecule has 0 N–H and O–H groups in total. The number of oxazole rings is 1. The Labute approximate surface area is 164 Å². The smallest absolute Gasteiger partial charge is 0.226 e. The molecule has 28 heavy (non-hydrogen) atoms. The van der Waals surface area contributed by atoms with Gasteiger partial charge in [-0.25, -0.2) is 4.98 Å². The third-order valence-corrected chi connectivity index (χ3v) is 5.69. The average molecular weight is 372 g/mol. The third-order valence-electron chi connectivity index (χ3n) is 5.69. The van der Waals surface area contributed by atoms with Crippen LogP contribution in [0.25, 0.3) is 22.4 Å². The highest BCUT2D eigenvalue weighted by molar-refractivity contribution is 5.78. The van der Waals surface area contributed by atoms with E-state index in [4.69, 9.17) is 9.40 Å². The number of fused-ring (bicyclic) bond motifs is 1. The number of benzene rings is 2. The Kier molecular flexibility index (Phi) is 4.45. The largest absolute Gasteiger partial charge is 0.444 e. The average Bonchev–Trinajstić information content (AvgIpc) is 3.45. The molecule has 1 saturated heterocycles. The summed E-state index contributed by atoms with van der Waals surface area (Å²) in [6.07, 6.45) is 6.26. The highest BCUT2D eigenvalue weighted by Crippen LogP contribution is 2.23. The lowest BCUT2D eigenvalue weighted by Crippen LogP contribution is -2.26. The Balaban J connectivity index is 1.30. The fraction of sp³-hybridized carbons (Fsp3) is 0.304. The maximum Gasteiger partial charge on any atom is 0.226 e. The number of hydrogen-bond donors (Lipinski definition) is 0. The summed E-state index contributed by atoms with van der Waals surface area (Å²) in [7, 11) is 0. The number of aromatic nitrogens is 3. The van der Waals surface area contributed by atoms with E-state index in [1.165, 1.54) is 23.8 Å². The van der Waals surface area contributed by atoms with Crippen molar-refractivity contribution in [1.82, 2.24) is 19.7 Å². The van der Waals surface area contributed by atoms with Gasteiger partial charge in [-0.3, -0.25) is 9.58 Å². The van der Waals surface area contributed by atoms with Crippen LogP contribution in [0, 0.1) is 0 Å². The maximum absolute atomic E-state index is 5.74. The van der Waals surface area contributed by atoms with E-state index in [1.807, 2.05) is 23.0 Å². The van der Waals surface area contributed by atoms with Crippen molar-refractivity contribution in [3.05, 3.63) is 72.2 Å². The monoisotopic (exact) mass is 372 g/mol. The van der Waals surface area contributed by atoms with Gasteiger partial charge in [0.05, 0.1) is 24.0 Å². The molecular formula is C23H24N4O. The molecule has 0 spiro atoms. The van der Waals surface area contributed by atoms with E-state index in [0.717, 1.165) is 36.4 Å². The van der Waals surface area contributed by atoms with E-state index in [9.17, 15) is 0 Å². The molecule has 0 radical (unpaired) electrons. The van der Waals surface area contributed by atoms with Crippen molar-refractivity contribution in [2.24, 2.45) is 0 Å². The Morgan fingerprint density at radius 3 is 2.75 bits per heavy atom. The first-order chi connectivity index (χ1) is 13.8. The molecule has 3 heterocycles. The fourth-order valence-electron chi connectivity index (χ4n) is 4.03. The minimum Gasteiger partial charge on any atom is -0.444 e. The lowest BCUT2D eigenvalue weighted by atomic mass is 10.1. The van der Waals surface area contributed by atoms with Crippen LogP contribution in [0.5, 0.6) is 0 Å². The standard InChI is InChI=1S/C23H24N4O/c1-17-5-4-12-26(17)15-21-16-28-23(25-21)19-10-8-18(9-11-19)14-27-22-7-3-2-6-20(22)13-24-27/h2-3,6-11,13,16-17H,4-5,12,14-15H2,1H3/t17-/m1/s1. The zero-order valence-corrected chi connectivity index (χ0v) is 16.1. The topological polar surface area (TPSA) is 47.1 Å². The molecule has 142 valence electrons. The molecule has 1 atom stereocenters. The Bertz CT molecular complexity index is 1080. The number of hydrogen-bond acceptors (Lipinski definition) is 4. The predicted octanol–water partition coefficient (Wildman–Crippen LogP) is 4.72. The second-order valence-corrected chi connectivity index (χ2v) is 7.66. The van der Waals surface area contributed by atoms with Gasteiger partial charge in [-0.1, -0.05) is 30.3 Å². The third kappa shape index (κ3) is 3.34. The van der Waals surface area contributed by atoms with Gasteiger partial charge in [0, 0.05) is 23.5 Å². The molecule has 0 saturated carbocycles. The molecule has 2 aromatic heterocycles. The van der Waals surface area contributed by atoms with Crippen LogP contribution in [0.2, 0.25) is 0 Å². The molecule has 0 amide bonds. The Morgan fingerprint density at radius 1 is 1.07 bits per heavy atom. The molecule has 4 aromatic rings. The van der Waals surface area contributed by atoms with Crippen LogP contribution in [-0.2, 0) is 13.1 Å². The van der Waals surface area contributed by atoms with Crippen LogP contribution in [0.4, 0.5) is 0 Å². The van der Waals surface area contributed by atoms with Gasteiger partial charge in [-0.05, 0) is 50.1 Å². The molecule has 0 unspecified atom stereocenters. The first-order valence-electron chi connectivity index (χ1n) is 9.94. The van der Waals surface area contributed by atoms with Crippen LogP contribution in [0.3, 0.4) is 0 Å². The van der Waals surface area contributed by atoms with Gasteiger partial charge in [-0.15, -0.1) is 0 Å². The van der Waals surface area contributed by atoms with Crippen molar-refractivity contribution >= 4 is 10.9 Å². The number of rotatable bonds is 5. The summed E-state index contributed by atoms with van der Waals surface area (Å²) in [5.74, 6) is 0.693. The molecule has 0 aliphatic carbocycles. The van der Waals surface area contributed by atoms with E-state index >= 15 is 0 Å².